The predicted octanol–water partition coefficient (Wildman–Crippen LogP) is 1.19. The van der Waals surface area contributed by atoms with Crippen molar-refractivity contribution in [3.63, 3.8) is 0 Å². The molecule has 2 aliphatic heterocycles. The highest BCUT2D eigenvalue weighted by Gasteiger charge is 2.23. The van der Waals surface area contributed by atoms with E-state index >= 15 is 0 Å². The van der Waals surface area contributed by atoms with Crippen LogP contribution in [-0.4, -0.2) is 60.2 Å². The van der Waals surface area contributed by atoms with Crippen LogP contribution in [0.4, 0.5) is 5.82 Å². The van der Waals surface area contributed by atoms with Gasteiger partial charge in [0.1, 0.15) is 11.5 Å². The number of morpholine rings is 1. The number of likely N-dealkylation sites (tertiary alicyclic amines) is 1. The monoisotopic (exact) mass is 290 g/mol. The fourth-order valence-electron chi connectivity index (χ4n) is 2.92. The average molecular weight is 290 g/mol. The Bertz CT molecular complexity index is 485. The average Bonchev–Trinajstić information content (AvgIpc) is 2.55. The van der Waals surface area contributed by atoms with Gasteiger partial charge in [-0.05, 0) is 18.8 Å². The third kappa shape index (κ3) is 3.32. The summed E-state index contributed by atoms with van der Waals surface area (Å²) >= 11 is 0. The summed E-state index contributed by atoms with van der Waals surface area (Å²) in [5.74, 6) is 1.40. The fourth-order valence-corrected chi connectivity index (χ4v) is 2.92. The molecule has 3 rings (SSSR count). The lowest BCUT2D eigenvalue weighted by atomic mass is 10.0. The van der Waals surface area contributed by atoms with Gasteiger partial charge in [0.15, 0.2) is 0 Å². The summed E-state index contributed by atoms with van der Waals surface area (Å²) in [6, 6.07) is 0. The fraction of sp³-hybridized carbons (Fsp3) is 0.667. The van der Waals surface area contributed by atoms with Gasteiger partial charge in [0, 0.05) is 26.2 Å². The minimum absolute atomic E-state index is 0.00239. The summed E-state index contributed by atoms with van der Waals surface area (Å²) in [7, 11) is 0. The lowest BCUT2D eigenvalue weighted by molar-refractivity contribution is 0.0676. The first-order chi connectivity index (χ1) is 10.2. The number of rotatable bonds is 2. The zero-order valence-corrected chi connectivity index (χ0v) is 12.5. The van der Waals surface area contributed by atoms with Crippen LogP contribution in [0.15, 0.2) is 12.4 Å². The van der Waals surface area contributed by atoms with E-state index in [-0.39, 0.29) is 5.91 Å². The number of aromatic nitrogens is 2. The third-order valence-electron chi connectivity index (χ3n) is 4.14. The van der Waals surface area contributed by atoms with Crippen LogP contribution in [0.1, 0.15) is 30.3 Å². The summed E-state index contributed by atoms with van der Waals surface area (Å²) in [6.45, 7) is 6.92. The van der Waals surface area contributed by atoms with E-state index in [1.165, 1.54) is 6.42 Å². The van der Waals surface area contributed by atoms with Crippen LogP contribution in [0.5, 0.6) is 0 Å². The van der Waals surface area contributed by atoms with E-state index in [0.29, 0.717) is 24.8 Å². The van der Waals surface area contributed by atoms with Crippen molar-refractivity contribution in [1.82, 2.24) is 14.9 Å². The van der Waals surface area contributed by atoms with E-state index in [9.17, 15) is 4.79 Å². The highest BCUT2D eigenvalue weighted by atomic mass is 16.5. The van der Waals surface area contributed by atoms with Crippen molar-refractivity contribution >= 4 is 11.7 Å². The van der Waals surface area contributed by atoms with Gasteiger partial charge in [-0.15, -0.1) is 0 Å². The van der Waals surface area contributed by atoms with Crippen LogP contribution in [0.2, 0.25) is 0 Å². The molecule has 2 fully saturated rings. The summed E-state index contributed by atoms with van der Waals surface area (Å²) in [5.41, 5.74) is 0.445. The van der Waals surface area contributed by atoms with Crippen LogP contribution < -0.4 is 4.90 Å². The van der Waals surface area contributed by atoms with Gasteiger partial charge in [-0.2, -0.15) is 0 Å². The molecular weight excluding hydrogens is 268 g/mol. The molecule has 1 aromatic rings. The molecule has 0 saturated carbocycles. The summed E-state index contributed by atoms with van der Waals surface area (Å²) < 4.78 is 5.32. The Balaban J connectivity index is 1.67. The molecule has 114 valence electrons. The molecule has 1 aromatic heterocycles. The van der Waals surface area contributed by atoms with E-state index in [1.807, 2.05) is 4.90 Å². The smallest absolute Gasteiger partial charge is 0.274 e. The second-order valence-corrected chi connectivity index (χ2v) is 5.86. The SMILES string of the molecule is CC1CCCN(C(=O)c2cnc(N3CCOCC3)cn2)C1. The van der Waals surface area contributed by atoms with Gasteiger partial charge < -0.3 is 14.5 Å². The van der Waals surface area contributed by atoms with Gasteiger partial charge in [0.25, 0.3) is 5.91 Å². The molecule has 2 aliphatic rings. The molecule has 2 saturated heterocycles. The number of carbonyl (C=O) groups excluding carboxylic acids is 1. The van der Waals surface area contributed by atoms with E-state index in [4.69, 9.17) is 4.74 Å². The van der Waals surface area contributed by atoms with Gasteiger partial charge in [0.2, 0.25) is 0 Å². The van der Waals surface area contributed by atoms with Crippen LogP contribution >= 0.6 is 0 Å². The number of hydrogen-bond donors (Lipinski definition) is 0. The first kappa shape index (κ1) is 14.3. The Morgan fingerprint density at radius 1 is 1.24 bits per heavy atom. The molecule has 1 atom stereocenters. The lowest BCUT2D eigenvalue weighted by Gasteiger charge is -2.31. The highest BCUT2D eigenvalue weighted by molar-refractivity contribution is 5.92. The van der Waals surface area contributed by atoms with Gasteiger partial charge >= 0.3 is 0 Å². The van der Waals surface area contributed by atoms with Crippen molar-refractivity contribution in [3.05, 3.63) is 18.1 Å². The molecule has 0 aromatic carbocycles. The molecule has 0 radical (unpaired) electrons. The molecule has 1 amide bonds. The van der Waals surface area contributed by atoms with Crippen LogP contribution in [-0.2, 0) is 4.74 Å². The van der Waals surface area contributed by atoms with Crippen LogP contribution in [0.3, 0.4) is 0 Å². The minimum Gasteiger partial charge on any atom is -0.378 e. The second kappa shape index (κ2) is 6.39. The Morgan fingerprint density at radius 2 is 2.05 bits per heavy atom. The van der Waals surface area contributed by atoms with Crippen molar-refractivity contribution in [2.45, 2.75) is 19.8 Å². The quantitative estimate of drug-likeness (QED) is 0.819. The molecule has 0 N–H and O–H groups in total. The maximum absolute atomic E-state index is 12.4. The van der Waals surface area contributed by atoms with Crippen LogP contribution in [0.25, 0.3) is 0 Å². The molecule has 1 unspecified atom stereocenters. The van der Waals surface area contributed by atoms with E-state index in [0.717, 1.165) is 38.4 Å². The first-order valence-corrected chi connectivity index (χ1v) is 7.68. The number of carbonyl (C=O) groups is 1. The Morgan fingerprint density at radius 3 is 2.71 bits per heavy atom. The second-order valence-electron chi connectivity index (χ2n) is 5.86. The van der Waals surface area contributed by atoms with E-state index in [2.05, 4.69) is 21.8 Å². The van der Waals surface area contributed by atoms with Crippen molar-refractivity contribution in [1.29, 1.82) is 0 Å². The summed E-state index contributed by atoms with van der Waals surface area (Å²) in [4.78, 5) is 25.2. The van der Waals surface area contributed by atoms with E-state index in [1.54, 1.807) is 12.4 Å². The number of nitrogens with zero attached hydrogens (tertiary/aromatic N) is 4. The van der Waals surface area contributed by atoms with Crippen molar-refractivity contribution in [2.75, 3.05) is 44.3 Å². The van der Waals surface area contributed by atoms with Crippen molar-refractivity contribution < 1.29 is 9.53 Å². The van der Waals surface area contributed by atoms with Crippen LogP contribution in [0, 0.1) is 5.92 Å². The Kier molecular flexibility index (Phi) is 4.34. The number of amides is 1. The van der Waals surface area contributed by atoms with Gasteiger partial charge in [-0.3, -0.25) is 4.79 Å². The number of anilines is 1. The highest BCUT2D eigenvalue weighted by Crippen LogP contribution is 2.18. The van der Waals surface area contributed by atoms with Gasteiger partial charge in [-0.25, -0.2) is 9.97 Å². The normalized spacial score (nSPS) is 23.2. The summed E-state index contributed by atoms with van der Waals surface area (Å²) in [6.07, 6.45) is 5.58. The molecule has 0 spiro atoms. The van der Waals surface area contributed by atoms with Crippen molar-refractivity contribution in [3.8, 4) is 0 Å². The zero-order chi connectivity index (χ0) is 14.7. The third-order valence-corrected chi connectivity index (χ3v) is 4.14. The topological polar surface area (TPSA) is 58.6 Å². The molecular formula is C15H22N4O2. The zero-order valence-electron chi connectivity index (χ0n) is 12.5. The largest absolute Gasteiger partial charge is 0.378 e. The molecule has 6 nitrogen and oxygen atoms in total. The Hall–Kier alpha value is -1.69. The molecule has 3 heterocycles. The number of hydrogen-bond acceptors (Lipinski definition) is 5. The van der Waals surface area contributed by atoms with Gasteiger partial charge in [-0.1, -0.05) is 6.92 Å². The molecule has 0 bridgehead atoms. The molecule has 6 heteroatoms. The maximum atomic E-state index is 12.4. The molecule has 0 aliphatic carbocycles. The lowest BCUT2D eigenvalue weighted by Crippen LogP contribution is -2.40. The number of ether oxygens (including phenoxy) is 1. The maximum Gasteiger partial charge on any atom is 0.274 e. The standard InChI is InChI=1S/C15H22N4O2/c1-12-3-2-4-19(11-12)15(20)13-9-17-14(10-16-13)18-5-7-21-8-6-18/h9-10,12H,2-8,11H2,1H3. The van der Waals surface area contributed by atoms with E-state index < -0.39 is 0 Å². The van der Waals surface area contributed by atoms with Crippen molar-refractivity contribution in [2.24, 2.45) is 5.92 Å². The summed E-state index contributed by atoms with van der Waals surface area (Å²) in [5, 5.41) is 0. The number of piperidine rings is 1. The predicted molar refractivity (Wildman–Crippen MR) is 79.4 cm³/mol. The Labute approximate surface area is 125 Å². The minimum atomic E-state index is 0.00239. The van der Waals surface area contributed by atoms with Gasteiger partial charge in [0.05, 0.1) is 25.6 Å². The first-order valence-electron chi connectivity index (χ1n) is 7.68. The molecule has 21 heavy (non-hydrogen) atoms.